The van der Waals surface area contributed by atoms with Gasteiger partial charge in [-0.05, 0) is 30.2 Å². The van der Waals surface area contributed by atoms with Crippen LogP contribution >= 0.6 is 0 Å². The molecule has 0 fully saturated rings. The second kappa shape index (κ2) is 7.32. The molecule has 0 radical (unpaired) electrons. The van der Waals surface area contributed by atoms with E-state index < -0.39 is 0 Å². The highest BCUT2D eigenvalue weighted by Gasteiger charge is 1.96. The van der Waals surface area contributed by atoms with Crippen LogP contribution in [0, 0.1) is 18.3 Å². The van der Waals surface area contributed by atoms with E-state index in [9.17, 15) is 0 Å². The molecule has 0 heterocycles. The van der Waals surface area contributed by atoms with Gasteiger partial charge in [0.25, 0.3) is 0 Å². The molecular formula is C17H18N2O. The molecule has 0 amide bonds. The van der Waals surface area contributed by atoms with Gasteiger partial charge in [-0.15, -0.1) is 0 Å². The highest BCUT2D eigenvalue weighted by Crippen LogP contribution is 2.12. The molecule has 0 aliphatic heterocycles. The van der Waals surface area contributed by atoms with Crippen molar-refractivity contribution in [2.45, 2.75) is 20.0 Å². The molecule has 0 bridgehead atoms. The van der Waals surface area contributed by atoms with E-state index in [-0.39, 0.29) is 6.61 Å². The van der Waals surface area contributed by atoms with Gasteiger partial charge < -0.3 is 10.1 Å². The fourth-order valence-electron chi connectivity index (χ4n) is 1.88. The summed E-state index contributed by atoms with van der Waals surface area (Å²) < 4.78 is 5.21. The molecule has 3 nitrogen and oxygen atoms in total. The maximum absolute atomic E-state index is 8.44. The van der Waals surface area contributed by atoms with Crippen LogP contribution in [0.4, 0.5) is 0 Å². The van der Waals surface area contributed by atoms with Crippen molar-refractivity contribution in [3.63, 3.8) is 0 Å². The number of benzene rings is 2. The summed E-state index contributed by atoms with van der Waals surface area (Å²) in [6.45, 7) is 3.84. The van der Waals surface area contributed by atoms with Gasteiger partial charge in [0, 0.05) is 13.1 Å². The van der Waals surface area contributed by atoms with E-state index in [1.165, 1.54) is 16.7 Å². The molecule has 0 atom stereocenters. The zero-order valence-corrected chi connectivity index (χ0v) is 11.6. The number of hydrogen-bond donors (Lipinski definition) is 1. The highest BCUT2D eigenvalue weighted by molar-refractivity contribution is 5.27. The number of ether oxygens (including phenoxy) is 1. The van der Waals surface area contributed by atoms with E-state index >= 15 is 0 Å². The van der Waals surface area contributed by atoms with E-state index in [0.717, 1.165) is 18.8 Å². The minimum absolute atomic E-state index is 0.0883. The lowest BCUT2D eigenvalue weighted by atomic mass is 10.1. The molecule has 2 rings (SSSR count). The van der Waals surface area contributed by atoms with Crippen LogP contribution in [-0.4, -0.2) is 6.61 Å². The zero-order chi connectivity index (χ0) is 14.2. The third kappa shape index (κ3) is 4.42. The van der Waals surface area contributed by atoms with Crippen molar-refractivity contribution in [2.24, 2.45) is 0 Å². The minimum Gasteiger partial charge on any atom is -0.479 e. The number of rotatable bonds is 6. The topological polar surface area (TPSA) is 45.0 Å². The first kappa shape index (κ1) is 14.1. The predicted octanol–water partition coefficient (Wildman–Crippen LogP) is 3.19. The fraction of sp³-hybridized carbons (Fsp3) is 0.235. The molecule has 2 aromatic carbocycles. The molecule has 3 heteroatoms. The van der Waals surface area contributed by atoms with Crippen LogP contribution in [0.1, 0.15) is 16.7 Å². The van der Waals surface area contributed by atoms with Crippen LogP contribution in [0.25, 0.3) is 0 Å². The lowest BCUT2D eigenvalue weighted by molar-refractivity contribution is 0.368. The first-order valence-corrected chi connectivity index (χ1v) is 6.63. The Bertz CT molecular complexity index is 567. The summed E-state index contributed by atoms with van der Waals surface area (Å²) in [5, 5.41) is 11.8. The van der Waals surface area contributed by atoms with Crippen LogP contribution < -0.4 is 10.1 Å². The first-order valence-electron chi connectivity index (χ1n) is 6.63. The predicted molar refractivity (Wildman–Crippen MR) is 79.3 cm³/mol. The van der Waals surface area contributed by atoms with E-state index in [0.29, 0.717) is 0 Å². The smallest absolute Gasteiger partial charge is 0.174 e. The van der Waals surface area contributed by atoms with E-state index in [2.05, 4.69) is 36.5 Å². The van der Waals surface area contributed by atoms with Crippen LogP contribution in [-0.2, 0) is 13.1 Å². The molecule has 0 saturated carbocycles. The summed E-state index contributed by atoms with van der Waals surface area (Å²) in [4.78, 5) is 0. The van der Waals surface area contributed by atoms with Crippen LogP contribution in [0.3, 0.4) is 0 Å². The average Bonchev–Trinajstić information content (AvgIpc) is 2.48. The van der Waals surface area contributed by atoms with Crippen molar-refractivity contribution in [2.75, 3.05) is 6.61 Å². The van der Waals surface area contributed by atoms with Crippen LogP contribution in [0.2, 0.25) is 0 Å². The van der Waals surface area contributed by atoms with Crippen molar-refractivity contribution in [1.29, 1.82) is 5.26 Å². The summed E-state index contributed by atoms with van der Waals surface area (Å²) in [6, 6.07) is 18.3. The van der Waals surface area contributed by atoms with E-state index in [1.54, 1.807) is 0 Å². The molecule has 0 aliphatic rings. The molecule has 0 unspecified atom stereocenters. The van der Waals surface area contributed by atoms with Crippen LogP contribution in [0.15, 0.2) is 48.5 Å². The first-order chi connectivity index (χ1) is 9.78. The lowest BCUT2D eigenvalue weighted by Crippen LogP contribution is -2.12. The van der Waals surface area contributed by atoms with Crippen LogP contribution in [0.5, 0.6) is 5.75 Å². The third-order valence-corrected chi connectivity index (χ3v) is 3.01. The second-order valence-corrected chi connectivity index (χ2v) is 4.68. The number of nitrogens with one attached hydrogen (secondary N) is 1. The van der Waals surface area contributed by atoms with Crippen molar-refractivity contribution >= 4 is 0 Å². The number of nitriles is 1. The molecule has 20 heavy (non-hydrogen) atoms. The van der Waals surface area contributed by atoms with Gasteiger partial charge in [-0.25, -0.2) is 0 Å². The lowest BCUT2D eigenvalue weighted by Gasteiger charge is -2.07. The molecular weight excluding hydrogens is 248 g/mol. The van der Waals surface area contributed by atoms with Gasteiger partial charge in [-0.3, -0.25) is 0 Å². The summed E-state index contributed by atoms with van der Waals surface area (Å²) in [6.07, 6.45) is 0. The molecule has 0 saturated heterocycles. The SMILES string of the molecule is Cc1ccc(CNCc2ccc(OCC#N)cc2)cc1. The van der Waals surface area contributed by atoms with Gasteiger partial charge in [0.05, 0.1) is 0 Å². The van der Waals surface area contributed by atoms with Crippen molar-refractivity contribution < 1.29 is 4.74 Å². The van der Waals surface area contributed by atoms with E-state index in [1.807, 2.05) is 30.3 Å². The highest BCUT2D eigenvalue weighted by atomic mass is 16.5. The minimum atomic E-state index is 0.0883. The molecule has 2 aromatic rings. The normalized spacial score (nSPS) is 10.0. The molecule has 1 N–H and O–H groups in total. The fourth-order valence-corrected chi connectivity index (χ4v) is 1.88. The quantitative estimate of drug-likeness (QED) is 0.873. The van der Waals surface area contributed by atoms with Gasteiger partial charge in [-0.1, -0.05) is 42.0 Å². The monoisotopic (exact) mass is 266 g/mol. The molecule has 0 aromatic heterocycles. The maximum Gasteiger partial charge on any atom is 0.174 e. The zero-order valence-electron chi connectivity index (χ0n) is 11.6. The number of aryl methyl sites for hydroxylation is 1. The summed E-state index contributed by atoms with van der Waals surface area (Å²) >= 11 is 0. The molecule has 0 spiro atoms. The van der Waals surface area contributed by atoms with Gasteiger partial charge in [0.2, 0.25) is 0 Å². The second-order valence-electron chi connectivity index (χ2n) is 4.68. The Morgan fingerprint density at radius 3 is 2.05 bits per heavy atom. The summed E-state index contributed by atoms with van der Waals surface area (Å²) in [5.41, 5.74) is 3.76. The standard InChI is InChI=1S/C17H18N2O/c1-14-2-4-15(5-3-14)12-19-13-16-6-8-17(9-7-16)20-11-10-18/h2-9,19H,11-13H2,1H3. The Kier molecular flexibility index (Phi) is 5.16. The largest absolute Gasteiger partial charge is 0.479 e. The number of nitrogens with zero attached hydrogens (tertiary/aromatic N) is 1. The third-order valence-electron chi connectivity index (χ3n) is 3.01. The maximum atomic E-state index is 8.44. The Morgan fingerprint density at radius 1 is 0.950 bits per heavy atom. The average molecular weight is 266 g/mol. The summed E-state index contributed by atoms with van der Waals surface area (Å²) in [5.74, 6) is 0.730. The Hall–Kier alpha value is -2.31. The van der Waals surface area contributed by atoms with Gasteiger partial charge in [0.1, 0.15) is 11.8 Å². The molecule has 102 valence electrons. The van der Waals surface area contributed by atoms with Gasteiger partial charge >= 0.3 is 0 Å². The van der Waals surface area contributed by atoms with Gasteiger partial charge in [-0.2, -0.15) is 5.26 Å². The van der Waals surface area contributed by atoms with E-state index in [4.69, 9.17) is 10.00 Å². The summed E-state index contributed by atoms with van der Waals surface area (Å²) in [7, 11) is 0. The number of hydrogen-bond acceptors (Lipinski definition) is 3. The van der Waals surface area contributed by atoms with Crippen molar-refractivity contribution in [1.82, 2.24) is 5.32 Å². The van der Waals surface area contributed by atoms with Crippen molar-refractivity contribution in [3.8, 4) is 11.8 Å². The Labute approximate surface area is 119 Å². The Balaban J connectivity index is 1.79. The van der Waals surface area contributed by atoms with Crippen molar-refractivity contribution in [3.05, 3.63) is 65.2 Å². The Morgan fingerprint density at radius 2 is 1.50 bits per heavy atom. The van der Waals surface area contributed by atoms with Gasteiger partial charge in [0.15, 0.2) is 6.61 Å². The molecule has 0 aliphatic carbocycles.